The lowest BCUT2D eigenvalue weighted by atomic mass is 10.2. The molecule has 104 valence electrons. The van der Waals surface area contributed by atoms with Crippen molar-refractivity contribution in [3.05, 3.63) is 28.3 Å². The van der Waals surface area contributed by atoms with Gasteiger partial charge in [0.2, 0.25) is 10.0 Å². The third-order valence-corrected chi connectivity index (χ3v) is 5.08. The highest BCUT2D eigenvalue weighted by atomic mass is 32.2. The van der Waals surface area contributed by atoms with Gasteiger partial charge in [0.15, 0.2) is 4.90 Å². The van der Waals surface area contributed by atoms with E-state index in [1.54, 1.807) is 0 Å². The number of nitrogen functional groups attached to an aromatic ring is 1. The van der Waals surface area contributed by atoms with E-state index in [-0.39, 0.29) is 10.6 Å². The smallest absolute Gasteiger partial charge is 0.312 e. The third-order valence-electron chi connectivity index (χ3n) is 3.15. The molecule has 0 unspecified atom stereocenters. The molecule has 0 amide bonds. The molecule has 7 nitrogen and oxygen atoms in total. The number of nitrogens with zero attached hydrogens (tertiary/aromatic N) is 2. The van der Waals surface area contributed by atoms with Crippen LogP contribution in [0.15, 0.2) is 23.1 Å². The van der Waals surface area contributed by atoms with Crippen LogP contribution in [-0.4, -0.2) is 30.7 Å². The molecular weight excluding hydrogens is 270 g/mol. The van der Waals surface area contributed by atoms with Crippen LogP contribution >= 0.6 is 0 Å². The van der Waals surface area contributed by atoms with Gasteiger partial charge in [-0.3, -0.25) is 10.1 Å². The van der Waals surface area contributed by atoms with Crippen molar-refractivity contribution < 1.29 is 13.3 Å². The van der Waals surface area contributed by atoms with E-state index in [0.717, 1.165) is 19.3 Å². The van der Waals surface area contributed by atoms with Crippen LogP contribution < -0.4 is 5.73 Å². The molecule has 0 radical (unpaired) electrons. The van der Waals surface area contributed by atoms with E-state index in [9.17, 15) is 18.5 Å². The SMILES string of the molecule is Nc1cccc(S(=O)(=O)N2CCCCC2)c1[N+](=O)[O-]. The van der Waals surface area contributed by atoms with E-state index >= 15 is 0 Å². The van der Waals surface area contributed by atoms with E-state index in [0.29, 0.717) is 13.1 Å². The molecule has 0 bridgehead atoms. The summed E-state index contributed by atoms with van der Waals surface area (Å²) < 4.78 is 26.2. The molecule has 1 saturated heterocycles. The molecule has 1 aromatic carbocycles. The number of benzene rings is 1. The number of rotatable bonds is 3. The Hall–Kier alpha value is -1.67. The first-order valence-electron chi connectivity index (χ1n) is 5.97. The van der Waals surface area contributed by atoms with Crippen LogP contribution in [0.1, 0.15) is 19.3 Å². The van der Waals surface area contributed by atoms with E-state index in [2.05, 4.69) is 0 Å². The summed E-state index contributed by atoms with van der Waals surface area (Å²) in [6.07, 6.45) is 2.52. The molecule has 0 atom stereocenters. The van der Waals surface area contributed by atoms with Gasteiger partial charge in [0.25, 0.3) is 0 Å². The van der Waals surface area contributed by atoms with Crippen molar-refractivity contribution in [1.82, 2.24) is 4.31 Å². The molecule has 0 spiro atoms. The van der Waals surface area contributed by atoms with Gasteiger partial charge in [0.1, 0.15) is 5.69 Å². The van der Waals surface area contributed by atoms with Crippen LogP contribution in [-0.2, 0) is 10.0 Å². The average Bonchev–Trinajstić information content (AvgIpc) is 2.39. The summed E-state index contributed by atoms with van der Waals surface area (Å²) in [5, 5.41) is 11.0. The van der Waals surface area contributed by atoms with Gasteiger partial charge in [-0.15, -0.1) is 0 Å². The van der Waals surface area contributed by atoms with E-state index in [4.69, 9.17) is 5.73 Å². The van der Waals surface area contributed by atoms with Crippen molar-refractivity contribution in [2.75, 3.05) is 18.8 Å². The number of nitro groups is 1. The van der Waals surface area contributed by atoms with Crippen molar-refractivity contribution in [3.8, 4) is 0 Å². The molecule has 2 N–H and O–H groups in total. The van der Waals surface area contributed by atoms with Gasteiger partial charge in [0, 0.05) is 13.1 Å². The van der Waals surface area contributed by atoms with Crippen molar-refractivity contribution >= 4 is 21.4 Å². The number of nitro benzene ring substituents is 1. The number of sulfonamides is 1. The fourth-order valence-corrected chi connectivity index (χ4v) is 3.89. The van der Waals surface area contributed by atoms with Crippen LogP contribution in [0.4, 0.5) is 11.4 Å². The van der Waals surface area contributed by atoms with Gasteiger partial charge in [-0.25, -0.2) is 8.42 Å². The molecule has 1 aliphatic heterocycles. The number of para-hydroxylation sites is 1. The van der Waals surface area contributed by atoms with E-state index < -0.39 is 20.6 Å². The van der Waals surface area contributed by atoms with Crippen molar-refractivity contribution in [2.24, 2.45) is 0 Å². The number of hydrogen-bond donors (Lipinski definition) is 1. The Kier molecular flexibility index (Phi) is 3.72. The molecule has 1 aromatic rings. The Morgan fingerprint density at radius 2 is 1.84 bits per heavy atom. The van der Waals surface area contributed by atoms with Gasteiger partial charge in [-0.1, -0.05) is 12.5 Å². The topological polar surface area (TPSA) is 107 Å². The number of anilines is 1. The summed E-state index contributed by atoms with van der Waals surface area (Å²) in [5.41, 5.74) is 4.85. The van der Waals surface area contributed by atoms with Crippen LogP contribution in [0.5, 0.6) is 0 Å². The zero-order chi connectivity index (χ0) is 14.0. The third kappa shape index (κ3) is 2.54. The predicted octanol–water partition coefficient (Wildman–Crippen LogP) is 1.35. The highest BCUT2D eigenvalue weighted by molar-refractivity contribution is 7.89. The Labute approximate surface area is 111 Å². The van der Waals surface area contributed by atoms with Gasteiger partial charge >= 0.3 is 5.69 Å². The molecular formula is C11H15N3O4S. The lowest BCUT2D eigenvalue weighted by Crippen LogP contribution is -2.36. The average molecular weight is 285 g/mol. The van der Waals surface area contributed by atoms with Gasteiger partial charge in [-0.05, 0) is 25.0 Å². The monoisotopic (exact) mass is 285 g/mol. The van der Waals surface area contributed by atoms with Crippen LogP contribution in [0.25, 0.3) is 0 Å². The molecule has 0 aromatic heterocycles. The van der Waals surface area contributed by atoms with Gasteiger partial charge in [0.05, 0.1) is 4.92 Å². The maximum atomic E-state index is 12.4. The Bertz CT molecular complexity index is 594. The second kappa shape index (κ2) is 5.14. The fraction of sp³-hybridized carbons (Fsp3) is 0.455. The summed E-state index contributed by atoms with van der Waals surface area (Å²) in [7, 11) is -3.85. The summed E-state index contributed by atoms with van der Waals surface area (Å²) in [4.78, 5) is 9.95. The van der Waals surface area contributed by atoms with Crippen molar-refractivity contribution in [3.63, 3.8) is 0 Å². The standard InChI is InChI=1S/C11H15N3O4S/c12-9-5-4-6-10(11(9)14(15)16)19(17,18)13-7-2-1-3-8-13/h4-6H,1-3,7-8,12H2. The minimum Gasteiger partial charge on any atom is -0.393 e. The number of nitrogens with two attached hydrogens (primary N) is 1. The molecule has 1 aliphatic rings. The predicted molar refractivity (Wildman–Crippen MR) is 70.1 cm³/mol. The molecule has 1 heterocycles. The first kappa shape index (κ1) is 13.8. The maximum absolute atomic E-state index is 12.4. The second-order valence-electron chi connectivity index (χ2n) is 4.42. The zero-order valence-electron chi connectivity index (χ0n) is 10.3. The lowest BCUT2D eigenvalue weighted by Gasteiger charge is -2.25. The summed E-state index contributed by atoms with van der Waals surface area (Å²) in [6, 6.07) is 3.98. The molecule has 1 fully saturated rings. The minimum absolute atomic E-state index is 0.136. The fourth-order valence-electron chi connectivity index (χ4n) is 2.19. The zero-order valence-corrected chi connectivity index (χ0v) is 11.1. The molecule has 8 heteroatoms. The van der Waals surface area contributed by atoms with E-state index in [1.807, 2.05) is 0 Å². The van der Waals surface area contributed by atoms with Crippen molar-refractivity contribution in [1.29, 1.82) is 0 Å². The molecule has 0 aliphatic carbocycles. The second-order valence-corrected chi connectivity index (χ2v) is 6.32. The van der Waals surface area contributed by atoms with Gasteiger partial charge in [-0.2, -0.15) is 4.31 Å². The summed E-state index contributed by atoms with van der Waals surface area (Å²) in [5.74, 6) is 0. The van der Waals surface area contributed by atoms with Gasteiger partial charge < -0.3 is 5.73 Å². The summed E-state index contributed by atoms with van der Waals surface area (Å²) >= 11 is 0. The van der Waals surface area contributed by atoms with Crippen LogP contribution in [0.3, 0.4) is 0 Å². The Balaban J connectivity index is 2.51. The van der Waals surface area contributed by atoms with Crippen LogP contribution in [0, 0.1) is 10.1 Å². The van der Waals surface area contributed by atoms with Crippen molar-refractivity contribution in [2.45, 2.75) is 24.2 Å². The first-order valence-corrected chi connectivity index (χ1v) is 7.41. The first-order chi connectivity index (χ1) is 8.94. The lowest BCUT2D eigenvalue weighted by molar-refractivity contribution is -0.386. The Morgan fingerprint density at radius 1 is 1.21 bits per heavy atom. The number of hydrogen-bond acceptors (Lipinski definition) is 5. The highest BCUT2D eigenvalue weighted by Crippen LogP contribution is 2.32. The minimum atomic E-state index is -3.85. The Morgan fingerprint density at radius 3 is 2.42 bits per heavy atom. The molecule has 2 rings (SSSR count). The molecule has 19 heavy (non-hydrogen) atoms. The normalized spacial score (nSPS) is 17.3. The quantitative estimate of drug-likeness (QED) is 0.512. The maximum Gasteiger partial charge on any atom is 0.312 e. The largest absolute Gasteiger partial charge is 0.393 e. The van der Waals surface area contributed by atoms with E-state index in [1.165, 1.54) is 22.5 Å². The highest BCUT2D eigenvalue weighted by Gasteiger charge is 2.33. The van der Waals surface area contributed by atoms with Crippen LogP contribution in [0.2, 0.25) is 0 Å². The summed E-state index contributed by atoms with van der Waals surface area (Å²) in [6.45, 7) is 0.794. The number of piperidine rings is 1. The molecule has 0 saturated carbocycles.